The zero-order valence-corrected chi connectivity index (χ0v) is 13.2. The third kappa shape index (κ3) is 4.05. The predicted octanol–water partition coefficient (Wildman–Crippen LogP) is 2.42. The van der Waals surface area contributed by atoms with Crippen molar-refractivity contribution in [2.45, 2.75) is 38.2 Å². The van der Waals surface area contributed by atoms with Crippen LogP contribution in [-0.2, 0) is 0 Å². The van der Waals surface area contributed by atoms with Crippen LogP contribution >= 0.6 is 0 Å². The van der Waals surface area contributed by atoms with E-state index >= 15 is 0 Å². The molecule has 0 heterocycles. The number of hydrogen-bond donors (Lipinski definition) is 1. The van der Waals surface area contributed by atoms with Gasteiger partial charge in [-0.25, -0.2) is 0 Å². The molecule has 1 N–H and O–H groups in total. The molecule has 0 aliphatic heterocycles. The van der Waals surface area contributed by atoms with Crippen LogP contribution in [0.25, 0.3) is 0 Å². The van der Waals surface area contributed by atoms with Gasteiger partial charge in [0.1, 0.15) is 5.75 Å². The van der Waals surface area contributed by atoms with E-state index in [-0.39, 0.29) is 5.78 Å². The van der Waals surface area contributed by atoms with Gasteiger partial charge in [-0.3, -0.25) is 9.69 Å². The van der Waals surface area contributed by atoms with Crippen LogP contribution < -0.4 is 4.74 Å². The number of benzene rings is 1. The van der Waals surface area contributed by atoms with Crippen molar-refractivity contribution in [1.29, 1.82) is 0 Å². The number of carbonyl (C=O) groups excluding carboxylic acids is 1. The maximum Gasteiger partial charge on any atom is 0.180 e. The standard InChI is InChI=1S/C17H25NO3/c1-13-6-7-14(16(10-13)21-3)15(19)11-18(2)12-17(20)8-4-5-9-17/h6-7,10,20H,4-5,8-9,11-12H2,1-3H3. The van der Waals surface area contributed by atoms with Gasteiger partial charge in [0.15, 0.2) is 5.78 Å². The van der Waals surface area contributed by atoms with Crippen LogP contribution in [0.2, 0.25) is 0 Å². The summed E-state index contributed by atoms with van der Waals surface area (Å²) in [5, 5.41) is 10.4. The Bertz CT molecular complexity index is 507. The lowest BCUT2D eigenvalue weighted by Crippen LogP contribution is -2.41. The fourth-order valence-corrected chi connectivity index (χ4v) is 3.11. The van der Waals surface area contributed by atoms with E-state index in [1.807, 2.05) is 37.1 Å². The Morgan fingerprint density at radius 2 is 2.05 bits per heavy atom. The summed E-state index contributed by atoms with van der Waals surface area (Å²) in [7, 11) is 3.46. The quantitative estimate of drug-likeness (QED) is 0.818. The van der Waals surface area contributed by atoms with E-state index in [2.05, 4.69) is 0 Å². The second kappa shape index (κ2) is 6.58. The van der Waals surface area contributed by atoms with Gasteiger partial charge in [0.05, 0.1) is 24.8 Å². The Hall–Kier alpha value is -1.39. The minimum atomic E-state index is -0.619. The molecule has 0 bridgehead atoms. The van der Waals surface area contributed by atoms with Crippen LogP contribution in [0, 0.1) is 6.92 Å². The lowest BCUT2D eigenvalue weighted by Gasteiger charge is -2.28. The van der Waals surface area contributed by atoms with Gasteiger partial charge in [0, 0.05) is 6.54 Å². The summed E-state index contributed by atoms with van der Waals surface area (Å²) >= 11 is 0. The average Bonchev–Trinajstić information content (AvgIpc) is 2.84. The SMILES string of the molecule is COc1cc(C)ccc1C(=O)CN(C)CC1(O)CCCC1. The number of carbonyl (C=O) groups is 1. The number of nitrogens with zero attached hydrogens (tertiary/aromatic N) is 1. The second-order valence-corrected chi connectivity index (χ2v) is 6.23. The smallest absolute Gasteiger partial charge is 0.180 e. The maximum atomic E-state index is 12.4. The first-order valence-corrected chi connectivity index (χ1v) is 7.52. The van der Waals surface area contributed by atoms with Crippen molar-refractivity contribution in [3.8, 4) is 5.75 Å². The lowest BCUT2D eigenvalue weighted by atomic mass is 10.0. The normalized spacial score (nSPS) is 17.2. The van der Waals surface area contributed by atoms with Crippen LogP contribution in [0.15, 0.2) is 18.2 Å². The molecule has 0 spiro atoms. The highest BCUT2D eigenvalue weighted by Gasteiger charge is 2.32. The Morgan fingerprint density at radius 1 is 1.38 bits per heavy atom. The van der Waals surface area contributed by atoms with Gasteiger partial charge in [-0.05, 0) is 44.5 Å². The van der Waals surface area contributed by atoms with Gasteiger partial charge >= 0.3 is 0 Å². The van der Waals surface area contributed by atoms with E-state index < -0.39 is 5.60 Å². The van der Waals surface area contributed by atoms with Crippen molar-refractivity contribution >= 4 is 5.78 Å². The van der Waals surface area contributed by atoms with E-state index in [0.29, 0.717) is 24.4 Å². The van der Waals surface area contributed by atoms with E-state index in [1.54, 1.807) is 7.11 Å². The van der Waals surface area contributed by atoms with Crippen molar-refractivity contribution in [1.82, 2.24) is 4.90 Å². The fourth-order valence-electron chi connectivity index (χ4n) is 3.11. The molecule has 0 aromatic heterocycles. The van der Waals surface area contributed by atoms with E-state index in [0.717, 1.165) is 31.2 Å². The van der Waals surface area contributed by atoms with Gasteiger partial charge in [-0.2, -0.15) is 0 Å². The summed E-state index contributed by atoms with van der Waals surface area (Å²) in [6.07, 6.45) is 3.81. The minimum absolute atomic E-state index is 0.0240. The number of Topliss-reactive ketones (excluding diaryl/α,β-unsaturated/α-hetero) is 1. The van der Waals surface area contributed by atoms with Gasteiger partial charge in [-0.1, -0.05) is 18.9 Å². The summed E-state index contributed by atoms with van der Waals surface area (Å²) in [6, 6.07) is 5.60. The van der Waals surface area contributed by atoms with Crippen molar-refractivity contribution in [3.63, 3.8) is 0 Å². The average molecular weight is 291 g/mol. The van der Waals surface area contributed by atoms with Gasteiger partial charge in [0.2, 0.25) is 0 Å². The zero-order valence-electron chi connectivity index (χ0n) is 13.2. The largest absolute Gasteiger partial charge is 0.496 e. The summed E-state index contributed by atoms with van der Waals surface area (Å²) < 4.78 is 5.29. The highest BCUT2D eigenvalue weighted by atomic mass is 16.5. The molecule has 1 aromatic carbocycles. The first-order chi connectivity index (χ1) is 9.93. The summed E-state index contributed by atoms with van der Waals surface area (Å²) in [4.78, 5) is 14.3. The second-order valence-electron chi connectivity index (χ2n) is 6.23. The number of methoxy groups -OCH3 is 1. The number of ketones is 1. The van der Waals surface area contributed by atoms with Crippen molar-refractivity contribution in [3.05, 3.63) is 29.3 Å². The monoisotopic (exact) mass is 291 g/mol. The van der Waals surface area contributed by atoms with Gasteiger partial charge in [-0.15, -0.1) is 0 Å². The van der Waals surface area contributed by atoms with Crippen molar-refractivity contribution in [2.24, 2.45) is 0 Å². The van der Waals surface area contributed by atoms with Crippen LogP contribution in [0.3, 0.4) is 0 Å². The maximum absolute atomic E-state index is 12.4. The molecule has 1 aliphatic rings. The summed E-state index contributed by atoms with van der Waals surface area (Å²) in [5.74, 6) is 0.643. The highest BCUT2D eigenvalue weighted by molar-refractivity contribution is 6.00. The Labute approximate surface area is 126 Å². The molecule has 2 rings (SSSR count). The predicted molar refractivity (Wildman–Crippen MR) is 83.0 cm³/mol. The molecule has 1 saturated carbocycles. The molecule has 4 nitrogen and oxygen atoms in total. The van der Waals surface area contributed by atoms with Crippen molar-refractivity contribution < 1.29 is 14.6 Å². The molecule has 4 heteroatoms. The molecule has 0 radical (unpaired) electrons. The molecule has 21 heavy (non-hydrogen) atoms. The molecule has 1 aliphatic carbocycles. The molecule has 1 fully saturated rings. The zero-order chi connectivity index (χ0) is 15.5. The van der Waals surface area contributed by atoms with Crippen LogP contribution in [0.4, 0.5) is 0 Å². The molecule has 116 valence electrons. The van der Waals surface area contributed by atoms with Crippen molar-refractivity contribution in [2.75, 3.05) is 27.2 Å². The minimum Gasteiger partial charge on any atom is -0.496 e. The first-order valence-electron chi connectivity index (χ1n) is 7.52. The third-order valence-electron chi connectivity index (χ3n) is 4.17. The van der Waals surface area contributed by atoms with Gasteiger partial charge in [0.25, 0.3) is 0 Å². The summed E-state index contributed by atoms with van der Waals surface area (Å²) in [6.45, 7) is 2.81. The molecule has 0 saturated heterocycles. The molecule has 0 amide bonds. The number of aryl methyl sites for hydroxylation is 1. The number of likely N-dealkylation sites (N-methyl/N-ethyl adjacent to an activating group) is 1. The number of hydrogen-bond acceptors (Lipinski definition) is 4. The molecular weight excluding hydrogens is 266 g/mol. The Balaban J connectivity index is 2.00. The molecule has 0 unspecified atom stereocenters. The number of ether oxygens (including phenoxy) is 1. The first kappa shape index (κ1) is 16.0. The van der Waals surface area contributed by atoms with Gasteiger partial charge < -0.3 is 9.84 Å². The van der Waals surface area contributed by atoms with Crippen LogP contribution in [-0.4, -0.2) is 48.6 Å². The van der Waals surface area contributed by atoms with E-state index in [1.165, 1.54) is 0 Å². The fraction of sp³-hybridized carbons (Fsp3) is 0.588. The molecule has 1 aromatic rings. The Morgan fingerprint density at radius 3 is 2.67 bits per heavy atom. The number of aliphatic hydroxyl groups is 1. The topological polar surface area (TPSA) is 49.8 Å². The van der Waals surface area contributed by atoms with Crippen LogP contribution in [0.1, 0.15) is 41.6 Å². The molecular formula is C17H25NO3. The number of rotatable bonds is 6. The molecule has 0 atom stereocenters. The third-order valence-corrected chi connectivity index (χ3v) is 4.17. The highest BCUT2D eigenvalue weighted by Crippen LogP contribution is 2.30. The summed E-state index contributed by atoms with van der Waals surface area (Å²) in [5.41, 5.74) is 1.05. The lowest BCUT2D eigenvalue weighted by molar-refractivity contribution is 0.0172. The van der Waals surface area contributed by atoms with Crippen LogP contribution in [0.5, 0.6) is 5.75 Å². The van der Waals surface area contributed by atoms with E-state index in [4.69, 9.17) is 4.74 Å². The Kier molecular flexibility index (Phi) is 5.01. The van der Waals surface area contributed by atoms with E-state index in [9.17, 15) is 9.90 Å².